The number of hydrogen-bond donors (Lipinski definition) is 1. The molecule has 0 spiro atoms. The zero-order valence-corrected chi connectivity index (χ0v) is 13.6. The van der Waals surface area contributed by atoms with Crippen LogP contribution < -0.4 is 10.2 Å². The van der Waals surface area contributed by atoms with E-state index < -0.39 is 0 Å². The van der Waals surface area contributed by atoms with Crippen molar-refractivity contribution in [1.29, 1.82) is 0 Å². The van der Waals surface area contributed by atoms with Gasteiger partial charge in [0.05, 0.1) is 18.1 Å². The van der Waals surface area contributed by atoms with Crippen LogP contribution in [0.15, 0.2) is 12.4 Å². The monoisotopic (exact) mass is 316 g/mol. The third kappa shape index (κ3) is 3.17. The zero-order valence-electron chi connectivity index (χ0n) is 13.6. The molecule has 3 heterocycles. The van der Waals surface area contributed by atoms with E-state index >= 15 is 0 Å². The van der Waals surface area contributed by atoms with Crippen LogP contribution in [0.1, 0.15) is 31.7 Å². The van der Waals surface area contributed by atoms with Gasteiger partial charge >= 0.3 is 0 Å². The second kappa shape index (κ2) is 6.07. The highest BCUT2D eigenvalue weighted by atomic mass is 16.5. The molecule has 3 aliphatic rings. The molecule has 0 unspecified atom stereocenters. The number of carbonyl (C=O) groups is 1. The molecule has 124 valence electrons. The van der Waals surface area contributed by atoms with E-state index in [0.29, 0.717) is 12.5 Å². The highest BCUT2D eigenvalue weighted by Crippen LogP contribution is 2.34. The molecule has 3 fully saturated rings. The average Bonchev–Trinajstić information content (AvgIpc) is 3.37. The van der Waals surface area contributed by atoms with Crippen LogP contribution in [0.3, 0.4) is 0 Å². The first-order chi connectivity index (χ1) is 11.2. The van der Waals surface area contributed by atoms with Gasteiger partial charge in [0, 0.05) is 32.0 Å². The van der Waals surface area contributed by atoms with Crippen molar-refractivity contribution in [2.24, 2.45) is 11.8 Å². The Morgan fingerprint density at radius 1 is 1.35 bits per heavy atom. The first-order valence-electron chi connectivity index (χ1n) is 8.72. The maximum Gasteiger partial charge on any atom is 0.225 e. The van der Waals surface area contributed by atoms with Crippen LogP contribution in [0.4, 0.5) is 5.95 Å². The van der Waals surface area contributed by atoms with Gasteiger partial charge in [0.1, 0.15) is 0 Å². The fraction of sp³-hybridized carbons (Fsp3) is 0.706. The molecule has 1 aromatic rings. The Morgan fingerprint density at radius 3 is 2.83 bits per heavy atom. The molecule has 2 bridgehead atoms. The van der Waals surface area contributed by atoms with Crippen molar-refractivity contribution in [2.45, 2.75) is 44.8 Å². The van der Waals surface area contributed by atoms with Crippen molar-refractivity contribution >= 4 is 11.9 Å². The molecule has 23 heavy (non-hydrogen) atoms. The lowest BCUT2D eigenvalue weighted by Crippen LogP contribution is -2.46. The fourth-order valence-corrected chi connectivity index (χ4v) is 3.49. The molecule has 1 amide bonds. The molecule has 0 aromatic carbocycles. The summed E-state index contributed by atoms with van der Waals surface area (Å²) in [6.07, 6.45) is 8.11. The summed E-state index contributed by atoms with van der Waals surface area (Å²) >= 11 is 0. The molecular formula is C17H24N4O2. The van der Waals surface area contributed by atoms with E-state index in [-0.39, 0.29) is 24.0 Å². The summed E-state index contributed by atoms with van der Waals surface area (Å²) in [5.41, 5.74) is 1.14. The lowest BCUT2D eigenvalue weighted by atomic mass is 9.99. The molecule has 2 aliphatic heterocycles. The molecule has 1 saturated carbocycles. The predicted octanol–water partition coefficient (Wildman–Crippen LogP) is 1.16. The van der Waals surface area contributed by atoms with Crippen LogP contribution in [0.25, 0.3) is 0 Å². The highest BCUT2D eigenvalue weighted by molar-refractivity contribution is 5.80. The summed E-state index contributed by atoms with van der Waals surface area (Å²) < 4.78 is 5.99. The van der Waals surface area contributed by atoms with Crippen molar-refractivity contribution in [1.82, 2.24) is 15.3 Å². The third-order valence-electron chi connectivity index (χ3n) is 5.14. The van der Waals surface area contributed by atoms with Gasteiger partial charge in [-0.05, 0) is 37.2 Å². The molecule has 2 saturated heterocycles. The highest BCUT2D eigenvalue weighted by Gasteiger charge is 2.45. The van der Waals surface area contributed by atoms with Gasteiger partial charge in [0.2, 0.25) is 11.9 Å². The Morgan fingerprint density at radius 2 is 2.13 bits per heavy atom. The minimum Gasteiger partial charge on any atom is -0.370 e. The van der Waals surface area contributed by atoms with Gasteiger partial charge in [-0.2, -0.15) is 0 Å². The number of nitrogens with one attached hydrogen (secondary N) is 1. The summed E-state index contributed by atoms with van der Waals surface area (Å²) in [6.45, 7) is 4.40. The van der Waals surface area contributed by atoms with Gasteiger partial charge < -0.3 is 15.0 Å². The molecule has 1 aliphatic carbocycles. The summed E-state index contributed by atoms with van der Waals surface area (Å²) in [4.78, 5) is 23.5. The van der Waals surface area contributed by atoms with Gasteiger partial charge in [0.15, 0.2) is 0 Å². The van der Waals surface area contributed by atoms with Gasteiger partial charge in [-0.15, -0.1) is 0 Å². The van der Waals surface area contributed by atoms with Crippen LogP contribution in [-0.4, -0.2) is 47.7 Å². The van der Waals surface area contributed by atoms with Crippen LogP contribution in [0.5, 0.6) is 0 Å². The number of carbonyl (C=O) groups excluding carboxylic acids is 1. The predicted molar refractivity (Wildman–Crippen MR) is 86.1 cm³/mol. The molecule has 1 aromatic heterocycles. The van der Waals surface area contributed by atoms with Gasteiger partial charge in [-0.1, -0.05) is 6.92 Å². The average molecular weight is 316 g/mol. The number of hydrogen-bond acceptors (Lipinski definition) is 5. The maximum atomic E-state index is 12.4. The summed E-state index contributed by atoms with van der Waals surface area (Å²) in [5.74, 6) is 1.59. The van der Waals surface area contributed by atoms with Crippen molar-refractivity contribution in [3.8, 4) is 0 Å². The van der Waals surface area contributed by atoms with Crippen molar-refractivity contribution in [2.75, 3.05) is 24.5 Å². The number of aromatic nitrogens is 2. The SMILES string of the molecule is CCc1cnc(N2C[C@H]3C[C@@H](C(=O)NCC4CC4)[C@@H](C2)O3)nc1. The number of nitrogens with zero attached hydrogens (tertiary/aromatic N) is 3. The molecular weight excluding hydrogens is 292 g/mol. The van der Waals surface area contributed by atoms with E-state index in [4.69, 9.17) is 4.74 Å². The van der Waals surface area contributed by atoms with E-state index in [9.17, 15) is 4.79 Å². The van der Waals surface area contributed by atoms with Gasteiger partial charge in [0.25, 0.3) is 0 Å². The Kier molecular flexibility index (Phi) is 3.93. The summed E-state index contributed by atoms with van der Waals surface area (Å²) in [5, 5.41) is 3.10. The minimum atomic E-state index is -0.0394. The number of amides is 1. The quantitative estimate of drug-likeness (QED) is 0.883. The van der Waals surface area contributed by atoms with Crippen molar-refractivity contribution in [3.63, 3.8) is 0 Å². The van der Waals surface area contributed by atoms with E-state index in [1.54, 1.807) is 0 Å². The van der Waals surface area contributed by atoms with E-state index in [2.05, 4.69) is 27.1 Å². The standard InChI is InChI=1S/C17H24N4O2/c1-2-11-6-19-17(20-7-11)21-9-13-5-14(15(10-21)23-13)16(22)18-8-12-3-4-12/h6-7,12-15H,2-5,8-10H2,1H3,(H,18,22)/t13-,14-,15-/m1/s1. The van der Waals surface area contributed by atoms with Crippen molar-refractivity contribution < 1.29 is 9.53 Å². The maximum absolute atomic E-state index is 12.4. The molecule has 6 nitrogen and oxygen atoms in total. The van der Waals surface area contributed by atoms with Crippen LogP contribution in [0, 0.1) is 11.8 Å². The Hall–Kier alpha value is -1.69. The lowest BCUT2D eigenvalue weighted by molar-refractivity contribution is -0.126. The summed E-state index contributed by atoms with van der Waals surface area (Å²) in [6, 6.07) is 0. The minimum absolute atomic E-state index is 0.0290. The lowest BCUT2D eigenvalue weighted by Gasteiger charge is -2.32. The first-order valence-corrected chi connectivity index (χ1v) is 8.72. The Bertz CT molecular complexity index is 572. The second-order valence-electron chi connectivity index (χ2n) is 6.98. The first kappa shape index (κ1) is 14.9. The van der Waals surface area contributed by atoms with E-state index in [0.717, 1.165) is 37.4 Å². The number of morpholine rings is 1. The fourth-order valence-electron chi connectivity index (χ4n) is 3.49. The van der Waals surface area contributed by atoms with Crippen LogP contribution in [0.2, 0.25) is 0 Å². The van der Waals surface area contributed by atoms with Crippen LogP contribution >= 0.6 is 0 Å². The van der Waals surface area contributed by atoms with Crippen molar-refractivity contribution in [3.05, 3.63) is 18.0 Å². The normalized spacial score (nSPS) is 29.6. The summed E-state index contributed by atoms with van der Waals surface area (Å²) in [7, 11) is 0. The van der Waals surface area contributed by atoms with E-state index in [1.165, 1.54) is 12.8 Å². The number of fused-ring (bicyclic) bond motifs is 2. The van der Waals surface area contributed by atoms with Gasteiger partial charge in [-0.25, -0.2) is 9.97 Å². The zero-order chi connectivity index (χ0) is 15.8. The van der Waals surface area contributed by atoms with Crippen LogP contribution in [-0.2, 0) is 16.0 Å². The Labute approximate surface area is 136 Å². The molecule has 1 N–H and O–H groups in total. The number of rotatable bonds is 5. The van der Waals surface area contributed by atoms with Gasteiger partial charge in [-0.3, -0.25) is 4.79 Å². The Balaban J connectivity index is 1.39. The van der Waals surface area contributed by atoms with E-state index in [1.807, 2.05) is 12.4 Å². The topological polar surface area (TPSA) is 67.4 Å². The molecule has 0 radical (unpaired) electrons. The molecule has 6 heteroatoms. The largest absolute Gasteiger partial charge is 0.370 e. The number of aryl methyl sites for hydroxylation is 1. The third-order valence-corrected chi connectivity index (χ3v) is 5.14. The molecule has 3 atom stereocenters. The molecule has 4 rings (SSSR count). The number of ether oxygens (including phenoxy) is 1. The number of anilines is 1. The smallest absolute Gasteiger partial charge is 0.225 e. The second-order valence-corrected chi connectivity index (χ2v) is 6.98.